The molecule has 0 radical (unpaired) electrons. The fourth-order valence-corrected chi connectivity index (χ4v) is 6.27. The van der Waals surface area contributed by atoms with Gasteiger partial charge in [-0.25, -0.2) is 19.2 Å². The molecule has 1 saturated heterocycles. The lowest BCUT2D eigenvalue weighted by Gasteiger charge is -2.26. The van der Waals surface area contributed by atoms with Crippen LogP contribution in [0.25, 0.3) is 33.5 Å². The Morgan fingerprint density at radius 2 is 2.11 bits per heavy atom. The molecule has 182 valence electrons. The Bertz CT molecular complexity index is 1710. The Kier molecular flexibility index (Phi) is 4.41. The number of nitrogens with one attached hydrogen (secondary N) is 1. The van der Waals surface area contributed by atoms with Crippen LogP contribution in [0.2, 0.25) is 0 Å². The van der Waals surface area contributed by atoms with Crippen molar-refractivity contribution in [2.24, 2.45) is 24.6 Å². The molecule has 1 saturated carbocycles. The minimum atomic E-state index is -0.408. The van der Waals surface area contributed by atoms with E-state index in [2.05, 4.69) is 20.1 Å². The van der Waals surface area contributed by atoms with Crippen LogP contribution >= 0.6 is 0 Å². The lowest BCUT2D eigenvalue weighted by molar-refractivity contribution is 0.528. The lowest BCUT2D eigenvalue weighted by Crippen LogP contribution is -2.32. The number of aromatic amines is 1. The molecule has 5 aromatic rings. The van der Waals surface area contributed by atoms with Gasteiger partial charge in [0.1, 0.15) is 17.2 Å². The third-order valence-corrected chi connectivity index (χ3v) is 8.20. The van der Waals surface area contributed by atoms with E-state index in [1.165, 1.54) is 10.6 Å². The molecular formula is C26H24FN7O2. The average molecular weight is 486 g/mol. The number of aromatic nitrogens is 5. The first-order chi connectivity index (χ1) is 17.5. The minimum Gasteiger partial charge on any atom is -0.408 e. The van der Waals surface area contributed by atoms with Crippen LogP contribution in [0.4, 0.5) is 10.2 Å². The van der Waals surface area contributed by atoms with Crippen molar-refractivity contribution < 1.29 is 8.81 Å². The van der Waals surface area contributed by atoms with Crippen LogP contribution in [0, 0.1) is 17.7 Å². The van der Waals surface area contributed by atoms with Gasteiger partial charge in [-0.1, -0.05) is 24.3 Å². The molecule has 1 aliphatic heterocycles. The fourth-order valence-electron chi connectivity index (χ4n) is 6.27. The number of oxazole rings is 1. The molecule has 0 spiro atoms. The Hall–Kier alpha value is -4.05. The standard InChI is InChI=1S/C26H24FN7O2/c1-33-19-7-6-14(10-20(19)36-25(33)35)22-23-24(32-31-22)30-21(11-29-23)34-9-8-15-17(12-34)26(15,13-28)16-4-2-3-5-18(16)27/h2-7,10-11,15,17H,8-9,12-13,28H2,1H3,(H,30,31,32)/t15-,17+,26-/m1/s1. The van der Waals surface area contributed by atoms with E-state index in [1.807, 2.05) is 24.3 Å². The van der Waals surface area contributed by atoms with Gasteiger partial charge >= 0.3 is 5.76 Å². The number of hydrogen-bond donors (Lipinski definition) is 2. The molecule has 4 heterocycles. The van der Waals surface area contributed by atoms with Crippen molar-refractivity contribution in [2.45, 2.75) is 11.8 Å². The van der Waals surface area contributed by atoms with Gasteiger partial charge in [0.15, 0.2) is 5.58 Å². The number of benzene rings is 2. The molecule has 9 nitrogen and oxygen atoms in total. The molecule has 0 amide bonds. The van der Waals surface area contributed by atoms with Gasteiger partial charge in [0, 0.05) is 37.7 Å². The van der Waals surface area contributed by atoms with E-state index < -0.39 is 5.76 Å². The van der Waals surface area contributed by atoms with Gasteiger partial charge in [0.05, 0.1) is 17.4 Å². The molecule has 1 aliphatic carbocycles. The van der Waals surface area contributed by atoms with Crippen molar-refractivity contribution in [2.75, 3.05) is 24.5 Å². The monoisotopic (exact) mass is 485 g/mol. The van der Waals surface area contributed by atoms with Crippen molar-refractivity contribution in [3.8, 4) is 11.3 Å². The van der Waals surface area contributed by atoms with E-state index >= 15 is 0 Å². The Labute approximate surface area is 204 Å². The highest BCUT2D eigenvalue weighted by molar-refractivity contribution is 5.90. The molecule has 36 heavy (non-hydrogen) atoms. The number of halogens is 1. The largest absolute Gasteiger partial charge is 0.419 e. The quantitative estimate of drug-likeness (QED) is 0.402. The summed E-state index contributed by atoms with van der Waals surface area (Å²) in [6.07, 6.45) is 2.68. The molecule has 2 aromatic carbocycles. The van der Waals surface area contributed by atoms with Crippen molar-refractivity contribution in [1.82, 2.24) is 24.7 Å². The molecule has 3 atom stereocenters. The van der Waals surface area contributed by atoms with E-state index in [4.69, 9.17) is 15.1 Å². The third kappa shape index (κ3) is 2.84. The van der Waals surface area contributed by atoms with Gasteiger partial charge in [-0.05, 0) is 42.0 Å². The van der Waals surface area contributed by atoms with Crippen molar-refractivity contribution >= 4 is 28.1 Å². The molecule has 3 N–H and O–H groups in total. The van der Waals surface area contributed by atoms with Crippen LogP contribution in [-0.4, -0.2) is 44.4 Å². The van der Waals surface area contributed by atoms with Gasteiger partial charge in [-0.2, -0.15) is 5.10 Å². The van der Waals surface area contributed by atoms with E-state index in [1.54, 1.807) is 25.4 Å². The number of nitrogens with zero attached hydrogens (tertiary/aromatic N) is 5. The van der Waals surface area contributed by atoms with Crippen LogP contribution in [0.1, 0.15) is 12.0 Å². The topological polar surface area (TPSA) is 119 Å². The predicted molar refractivity (Wildman–Crippen MR) is 133 cm³/mol. The van der Waals surface area contributed by atoms with Crippen LogP contribution in [-0.2, 0) is 12.5 Å². The summed E-state index contributed by atoms with van der Waals surface area (Å²) in [5, 5.41) is 7.43. The number of piperidine rings is 1. The smallest absolute Gasteiger partial charge is 0.408 e. The fraction of sp³-hybridized carbons (Fsp3) is 0.308. The Balaban J connectivity index is 1.19. The highest BCUT2D eigenvalue weighted by Gasteiger charge is 2.66. The normalized spacial score (nSPS) is 23.4. The second-order valence-electron chi connectivity index (χ2n) is 9.78. The first-order valence-corrected chi connectivity index (χ1v) is 12.0. The maximum Gasteiger partial charge on any atom is 0.419 e. The number of rotatable bonds is 4. The zero-order valence-corrected chi connectivity index (χ0v) is 19.6. The summed E-state index contributed by atoms with van der Waals surface area (Å²) < 4.78 is 21.5. The number of aryl methyl sites for hydroxylation is 1. The summed E-state index contributed by atoms with van der Waals surface area (Å²) in [5.41, 5.74) is 10.5. The highest BCUT2D eigenvalue weighted by atomic mass is 19.1. The molecule has 2 aliphatic rings. The molecular weight excluding hydrogens is 461 g/mol. The maximum absolute atomic E-state index is 14.7. The van der Waals surface area contributed by atoms with E-state index in [-0.39, 0.29) is 17.2 Å². The second kappa shape index (κ2) is 7.47. The summed E-state index contributed by atoms with van der Waals surface area (Å²) in [7, 11) is 1.67. The second-order valence-corrected chi connectivity index (χ2v) is 9.78. The maximum atomic E-state index is 14.7. The van der Waals surface area contributed by atoms with Gasteiger partial charge in [0.2, 0.25) is 5.65 Å². The van der Waals surface area contributed by atoms with Crippen molar-refractivity contribution in [3.05, 3.63) is 70.6 Å². The molecule has 10 heteroatoms. The van der Waals surface area contributed by atoms with Crippen molar-refractivity contribution in [3.63, 3.8) is 0 Å². The SMILES string of the molecule is Cn1c(=O)oc2cc(-c3[nH]nc4nc(N5CC[C@@H]6[C@H](C5)[C@@]6(CN)c5ccccc5F)cnc34)ccc21. The van der Waals surface area contributed by atoms with Crippen molar-refractivity contribution in [1.29, 1.82) is 0 Å². The molecule has 0 unspecified atom stereocenters. The van der Waals surface area contributed by atoms with E-state index in [0.29, 0.717) is 40.4 Å². The summed E-state index contributed by atoms with van der Waals surface area (Å²) in [5.74, 6) is 0.802. The summed E-state index contributed by atoms with van der Waals surface area (Å²) in [4.78, 5) is 23.5. The number of anilines is 1. The molecule has 7 rings (SSSR count). The Morgan fingerprint density at radius 1 is 1.25 bits per heavy atom. The summed E-state index contributed by atoms with van der Waals surface area (Å²) in [6.45, 7) is 1.98. The number of hydrogen-bond acceptors (Lipinski definition) is 7. The number of nitrogens with two attached hydrogens (primary N) is 1. The van der Waals surface area contributed by atoms with Gasteiger partial charge in [0.25, 0.3) is 0 Å². The van der Waals surface area contributed by atoms with Gasteiger partial charge in [-0.3, -0.25) is 9.67 Å². The van der Waals surface area contributed by atoms with Gasteiger partial charge in [-0.15, -0.1) is 0 Å². The molecule has 3 aromatic heterocycles. The lowest BCUT2D eigenvalue weighted by atomic mass is 9.91. The van der Waals surface area contributed by atoms with Crippen LogP contribution in [0.5, 0.6) is 0 Å². The van der Waals surface area contributed by atoms with Gasteiger partial charge < -0.3 is 15.1 Å². The highest BCUT2D eigenvalue weighted by Crippen LogP contribution is 2.63. The zero-order valence-electron chi connectivity index (χ0n) is 19.6. The van der Waals surface area contributed by atoms with Crippen LogP contribution < -0.4 is 16.4 Å². The van der Waals surface area contributed by atoms with E-state index in [0.717, 1.165) is 36.5 Å². The predicted octanol–water partition coefficient (Wildman–Crippen LogP) is 2.96. The number of fused-ring (bicyclic) bond motifs is 3. The first kappa shape index (κ1) is 21.3. The number of H-pyrrole nitrogens is 1. The van der Waals surface area contributed by atoms with E-state index in [9.17, 15) is 9.18 Å². The summed E-state index contributed by atoms with van der Waals surface area (Å²) in [6, 6.07) is 12.5. The van der Waals surface area contributed by atoms with Crippen LogP contribution in [0.3, 0.4) is 0 Å². The Morgan fingerprint density at radius 3 is 2.94 bits per heavy atom. The average Bonchev–Trinajstić information content (AvgIpc) is 3.18. The molecule has 2 fully saturated rings. The molecule has 0 bridgehead atoms. The van der Waals surface area contributed by atoms with Crippen LogP contribution in [0.15, 0.2) is 57.9 Å². The first-order valence-electron chi connectivity index (χ1n) is 12.0. The third-order valence-electron chi connectivity index (χ3n) is 8.20. The minimum absolute atomic E-state index is 0.179. The summed E-state index contributed by atoms with van der Waals surface area (Å²) >= 11 is 0. The zero-order chi connectivity index (χ0) is 24.6.